The van der Waals surface area contributed by atoms with E-state index in [1.54, 1.807) is 30.3 Å². The molecular weight excluding hydrogens is 471 g/mol. The first-order valence-electron chi connectivity index (χ1n) is 13.1. The summed E-state index contributed by atoms with van der Waals surface area (Å²) in [5.74, 6) is -0.176. The Bertz CT molecular complexity index is 1380. The Morgan fingerprint density at radius 1 is 0.868 bits per heavy atom. The standard InChI is InChI=1S/C35H33FO2/c1-3-4-6-9-27-17-22-33(23-18-27)38-35(37)32-21-20-31(34(36)25-32)19-16-28-12-14-29(15-13-28)24-26(2)30-10-7-5-8-11-30/h3-5,7-8,10-23,25-26H,6,9,24H2,1-2H3/b4-3+,19-16?/t26-/m1/s1. The summed E-state index contributed by atoms with van der Waals surface area (Å²) in [6.45, 7) is 4.23. The number of carbonyl (C=O) groups is 1. The number of aryl methyl sites for hydroxylation is 1. The summed E-state index contributed by atoms with van der Waals surface area (Å²) in [4.78, 5) is 12.5. The second-order valence-corrected chi connectivity index (χ2v) is 9.47. The molecule has 0 aliphatic heterocycles. The number of rotatable bonds is 10. The van der Waals surface area contributed by atoms with Crippen molar-refractivity contribution in [2.24, 2.45) is 0 Å². The van der Waals surface area contributed by atoms with Crippen molar-refractivity contribution >= 4 is 18.1 Å². The fraction of sp³-hybridized carbons (Fsp3) is 0.171. The van der Waals surface area contributed by atoms with E-state index in [-0.39, 0.29) is 5.56 Å². The van der Waals surface area contributed by atoms with Crippen LogP contribution in [0.25, 0.3) is 12.2 Å². The highest BCUT2D eigenvalue weighted by atomic mass is 19.1. The van der Waals surface area contributed by atoms with Crippen LogP contribution in [0.1, 0.15) is 64.4 Å². The van der Waals surface area contributed by atoms with Gasteiger partial charge in [-0.1, -0.05) is 104 Å². The lowest BCUT2D eigenvalue weighted by atomic mass is 9.93. The van der Waals surface area contributed by atoms with E-state index in [1.807, 2.05) is 49.4 Å². The van der Waals surface area contributed by atoms with E-state index in [9.17, 15) is 9.18 Å². The van der Waals surface area contributed by atoms with Gasteiger partial charge in [0, 0.05) is 5.56 Å². The number of benzene rings is 4. The Hall–Kier alpha value is -4.24. The number of esters is 1. The van der Waals surface area contributed by atoms with E-state index in [0.29, 0.717) is 17.2 Å². The summed E-state index contributed by atoms with van der Waals surface area (Å²) in [5.41, 5.74) is 5.32. The molecule has 0 unspecified atom stereocenters. The number of hydrogen-bond donors (Lipinski definition) is 0. The largest absolute Gasteiger partial charge is 0.423 e. The first kappa shape index (κ1) is 26.8. The van der Waals surface area contributed by atoms with Gasteiger partial charge in [0.1, 0.15) is 11.6 Å². The second kappa shape index (κ2) is 13.3. The first-order chi connectivity index (χ1) is 18.5. The molecule has 0 spiro atoms. The van der Waals surface area contributed by atoms with Crippen molar-refractivity contribution < 1.29 is 13.9 Å². The summed E-state index contributed by atoms with van der Waals surface area (Å²) in [7, 11) is 0. The van der Waals surface area contributed by atoms with Gasteiger partial charge >= 0.3 is 5.97 Å². The third-order valence-electron chi connectivity index (χ3n) is 6.55. The smallest absolute Gasteiger partial charge is 0.343 e. The van der Waals surface area contributed by atoms with Gasteiger partial charge in [0.2, 0.25) is 0 Å². The molecule has 38 heavy (non-hydrogen) atoms. The van der Waals surface area contributed by atoms with Crippen LogP contribution in [0.4, 0.5) is 4.39 Å². The highest BCUT2D eigenvalue weighted by Crippen LogP contribution is 2.22. The minimum absolute atomic E-state index is 0.175. The van der Waals surface area contributed by atoms with E-state index in [0.717, 1.165) is 24.8 Å². The number of carbonyl (C=O) groups excluding carboxylic acids is 1. The molecule has 192 valence electrons. The van der Waals surface area contributed by atoms with E-state index in [4.69, 9.17) is 4.74 Å². The van der Waals surface area contributed by atoms with Crippen molar-refractivity contribution in [3.05, 3.63) is 148 Å². The van der Waals surface area contributed by atoms with Crippen LogP contribution in [-0.2, 0) is 12.8 Å². The molecule has 4 aromatic rings. The molecule has 0 saturated heterocycles. The van der Waals surface area contributed by atoms with Crippen molar-refractivity contribution in [2.45, 2.75) is 39.0 Å². The van der Waals surface area contributed by atoms with E-state index >= 15 is 0 Å². The van der Waals surface area contributed by atoms with Crippen LogP contribution in [0.2, 0.25) is 0 Å². The average molecular weight is 505 g/mol. The SMILES string of the molecule is C/C=C/CCc1ccc(OC(=O)c2ccc(C=Cc3ccc(C[C@@H](C)c4ccccc4)cc3)c(F)c2)cc1. The molecule has 1 atom stereocenters. The Morgan fingerprint density at radius 2 is 1.58 bits per heavy atom. The van der Waals surface area contributed by atoms with Crippen molar-refractivity contribution in [3.8, 4) is 5.75 Å². The van der Waals surface area contributed by atoms with Gasteiger partial charge < -0.3 is 4.74 Å². The van der Waals surface area contributed by atoms with Gasteiger partial charge in [-0.25, -0.2) is 9.18 Å². The fourth-order valence-corrected chi connectivity index (χ4v) is 4.30. The maximum absolute atomic E-state index is 14.8. The fourth-order valence-electron chi connectivity index (χ4n) is 4.30. The monoisotopic (exact) mass is 504 g/mol. The molecule has 0 aliphatic rings. The predicted molar refractivity (Wildman–Crippen MR) is 155 cm³/mol. The molecule has 3 heteroatoms. The van der Waals surface area contributed by atoms with Crippen LogP contribution in [0, 0.1) is 5.82 Å². The Morgan fingerprint density at radius 3 is 2.26 bits per heavy atom. The van der Waals surface area contributed by atoms with Gasteiger partial charge in [-0.2, -0.15) is 0 Å². The lowest BCUT2D eigenvalue weighted by molar-refractivity contribution is 0.0734. The van der Waals surface area contributed by atoms with Crippen LogP contribution in [0.5, 0.6) is 5.75 Å². The third-order valence-corrected chi connectivity index (χ3v) is 6.55. The Kier molecular flexibility index (Phi) is 9.42. The summed E-state index contributed by atoms with van der Waals surface area (Å²) in [6.07, 6.45) is 10.6. The van der Waals surface area contributed by atoms with E-state index in [1.165, 1.54) is 22.8 Å². The van der Waals surface area contributed by atoms with Gasteiger partial charge in [-0.15, -0.1) is 0 Å². The molecule has 0 aromatic heterocycles. The topological polar surface area (TPSA) is 26.3 Å². The quantitative estimate of drug-likeness (QED) is 0.0932. The van der Waals surface area contributed by atoms with Crippen LogP contribution in [-0.4, -0.2) is 5.97 Å². The van der Waals surface area contributed by atoms with Crippen LogP contribution in [0.15, 0.2) is 109 Å². The highest BCUT2D eigenvalue weighted by molar-refractivity contribution is 5.91. The zero-order valence-corrected chi connectivity index (χ0v) is 21.9. The van der Waals surface area contributed by atoms with Gasteiger partial charge in [-0.3, -0.25) is 0 Å². The zero-order valence-electron chi connectivity index (χ0n) is 21.9. The van der Waals surface area contributed by atoms with E-state index < -0.39 is 11.8 Å². The van der Waals surface area contributed by atoms with Crippen LogP contribution >= 0.6 is 0 Å². The number of ether oxygens (including phenoxy) is 1. The maximum atomic E-state index is 14.8. The summed E-state index contributed by atoms with van der Waals surface area (Å²) in [5, 5.41) is 0. The lowest BCUT2D eigenvalue weighted by Crippen LogP contribution is -2.09. The van der Waals surface area contributed by atoms with Crippen molar-refractivity contribution in [2.75, 3.05) is 0 Å². The minimum Gasteiger partial charge on any atom is -0.423 e. The average Bonchev–Trinajstić information content (AvgIpc) is 2.94. The lowest BCUT2D eigenvalue weighted by Gasteiger charge is -2.12. The predicted octanol–water partition coefficient (Wildman–Crippen LogP) is 9.07. The summed E-state index contributed by atoms with van der Waals surface area (Å²) < 4.78 is 20.2. The minimum atomic E-state index is -0.582. The number of hydrogen-bond acceptors (Lipinski definition) is 2. The van der Waals surface area contributed by atoms with Crippen molar-refractivity contribution in [1.82, 2.24) is 0 Å². The van der Waals surface area contributed by atoms with Crippen LogP contribution in [0.3, 0.4) is 0 Å². The second-order valence-electron chi connectivity index (χ2n) is 9.47. The maximum Gasteiger partial charge on any atom is 0.343 e. The third kappa shape index (κ3) is 7.63. The van der Waals surface area contributed by atoms with Crippen molar-refractivity contribution in [3.63, 3.8) is 0 Å². The van der Waals surface area contributed by atoms with Crippen molar-refractivity contribution in [1.29, 1.82) is 0 Å². The summed E-state index contributed by atoms with van der Waals surface area (Å²) >= 11 is 0. The normalized spacial score (nSPS) is 12.2. The molecule has 0 saturated carbocycles. The molecular formula is C35H33FO2. The molecule has 4 rings (SSSR count). The Labute approximate surface area is 225 Å². The van der Waals surface area contributed by atoms with Gasteiger partial charge in [0.05, 0.1) is 5.56 Å². The molecule has 2 nitrogen and oxygen atoms in total. The molecule has 0 fully saturated rings. The number of allylic oxidation sites excluding steroid dienone is 2. The zero-order chi connectivity index (χ0) is 26.7. The molecule has 0 N–H and O–H groups in total. The molecule has 0 aliphatic carbocycles. The Balaban J connectivity index is 1.33. The van der Waals surface area contributed by atoms with Gasteiger partial charge in [0.15, 0.2) is 0 Å². The van der Waals surface area contributed by atoms with Gasteiger partial charge in [0.25, 0.3) is 0 Å². The highest BCUT2D eigenvalue weighted by Gasteiger charge is 2.12. The molecule has 4 aromatic carbocycles. The molecule has 0 amide bonds. The number of halogens is 1. The van der Waals surface area contributed by atoms with E-state index in [2.05, 4.69) is 49.4 Å². The molecule has 0 heterocycles. The van der Waals surface area contributed by atoms with Gasteiger partial charge in [-0.05, 0) is 78.6 Å². The molecule has 0 bridgehead atoms. The summed E-state index contributed by atoms with van der Waals surface area (Å²) in [6, 6.07) is 30.6. The molecule has 0 radical (unpaired) electrons. The first-order valence-corrected chi connectivity index (χ1v) is 13.1. The van der Waals surface area contributed by atoms with Crippen LogP contribution < -0.4 is 4.74 Å².